The molecular weight excluding hydrogens is 206 g/mol. The van der Waals surface area contributed by atoms with Gasteiger partial charge >= 0.3 is 0 Å². The van der Waals surface area contributed by atoms with Crippen molar-refractivity contribution in [1.29, 1.82) is 0 Å². The minimum absolute atomic E-state index is 0.0232. The summed E-state index contributed by atoms with van der Waals surface area (Å²) in [5.41, 5.74) is 6.36. The monoisotopic (exact) mass is 223 g/mol. The third-order valence-electron chi connectivity index (χ3n) is 2.52. The molecule has 0 spiro atoms. The van der Waals surface area contributed by atoms with E-state index >= 15 is 0 Å². The van der Waals surface area contributed by atoms with Crippen LogP contribution in [-0.2, 0) is 11.8 Å². The molecule has 1 aliphatic rings. The molecule has 1 aromatic heterocycles. The van der Waals surface area contributed by atoms with Crippen LogP contribution in [-0.4, -0.2) is 35.3 Å². The average Bonchev–Trinajstić information content (AvgIpc) is 2.90. The lowest BCUT2D eigenvalue weighted by Crippen LogP contribution is -2.36. The molecule has 2 rings (SSSR count). The summed E-state index contributed by atoms with van der Waals surface area (Å²) in [6, 6.07) is 0.391. The zero-order chi connectivity index (χ0) is 11.7. The number of anilines is 2. The van der Waals surface area contributed by atoms with Crippen molar-refractivity contribution in [2.45, 2.75) is 18.9 Å². The number of nitrogen functional groups attached to an aromatic ring is 1. The van der Waals surface area contributed by atoms with Crippen LogP contribution in [0.1, 0.15) is 12.8 Å². The molecule has 1 saturated carbocycles. The van der Waals surface area contributed by atoms with Gasteiger partial charge < -0.3 is 16.0 Å². The van der Waals surface area contributed by atoms with E-state index in [9.17, 15) is 4.79 Å². The Morgan fingerprint density at radius 2 is 2.44 bits per heavy atom. The topological polar surface area (TPSA) is 76.2 Å². The van der Waals surface area contributed by atoms with E-state index in [-0.39, 0.29) is 12.5 Å². The fraction of sp³-hybridized carbons (Fsp3) is 0.600. The first-order chi connectivity index (χ1) is 7.56. The molecule has 0 radical (unpaired) electrons. The maximum Gasteiger partial charge on any atom is 0.239 e. The summed E-state index contributed by atoms with van der Waals surface area (Å²) in [6.07, 6.45) is 3.92. The van der Waals surface area contributed by atoms with E-state index in [1.54, 1.807) is 22.8 Å². The van der Waals surface area contributed by atoms with Crippen LogP contribution in [0.3, 0.4) is 0 Å². The molecule has 0 aliphatic heterocycles. The third kappa shape index (κ3) is 2.44. The standard InChI is InChI=1S/C10H17N5O/c1-14(6-9(16)12-7-3-4-7)10-8(11)5-15(2)13-10/h5,7H,3-4,6,11H2,1-2H3,(H,12,16). The molecule has 6 heteroatoms. The number of hydrogen-bond acceptors (Lipinski definition) is 4. The van der Waals surface area contributed by atoms with E-state index in [2.05, 4.69) is 10.4 Å². The number of nitrogens with zero attached hydrogens (tertiary/aromatic N) is 3. The smallest absolute Gasteiger partial charge is 0.239 e. The molecule has 6 nitrogen and oxygen atoms in total. The second-order valence-electron chi connectivity index (χ2n) is 4.28. The highest BCUT2D eigenvalue weighted by Crippen LogP contribution is 2.20. The number of aryl methyl sites for hydroxylation is 1. The maximum absolute atomic E-state index is 11.6. The van der Waals surface area contributed by atoms with Crippen molar-refractivity contribution in [1.82, 2.24) is 15.1 Å². The highest BCUT2D eigenvalue weighted by molar-refractivity contribution is 5.82. The van der Waals surface area contributed by atoms with Crippen molar-refractivity contribution < 1.29 is 4.79 Å². The van der Waals surface area contributed by atoms with Crippen molar-refractivity contribution in [3.63, 3.8) is 0 Å². The van der Waals surface area contributed by atoms with E-state index < -0.39 is 0 Å². The summed E-state index contributed by atoms with van der Waals surface area (Å²) in [4.78, 5) is 13.3. The fourth-order valence-corrected chi connectivity index (χ4v) is 1.58. The third-order valence-corrected chi connectivity index (χ3v) is 2.52. The van der Waals surface area contributed by atoms with Gasteiger partial charge in [0.1, 0.15) is 0 Å². The van der Waals surface area contributed by atoms with Gasteiger partial charge in [-0.05, 0) is 12.8 Å². The van der Waals surface area contributed by atoms with Crippen LogP contribution in [0, 0.1) is 0 Å². The van der Waals surface area contributed by atoms with Gasteiger partial charge in [-0.2, -0.15) is 5.10 Å². The summed E-state index contributed by atoms with van der Waals surface area (Å²) >= 11 is 0. The first-order valence-electron chi connectivity index (χ1n) is 5.36. The lowest BCUT2D eigenvalue weighted by atomic mass is 10.4. The van der Waals surface area contributed by atoms with Gasteiger partial charge in [0, 0.05) is 26.3 Å². The normalized spacial score (nSPS) is 14.9. The first kappa shape index (κ1) is 10.8. The highest BCUT2D eigenvalue weighted by atomic mass is 16.2. The van der Waals surface area contributed by atoms with Crippen LogP contribution < -0.4 is 16.0 Å². The largest absolute Gasteiger partial charge is 0.394 e. The van der Waals surface area contributed by atoms with Crippen LogP contribution >= 0.6 is 0 Å². The summed E-state index contributed by atoms with van der Waals surface area (Å²) in [5, 5.41) is 7.12. The molecule has 0 atom stereocenters. The fourth-order valence-electron chi connectivity index (χ4n) is 1.58. The van der Waals surface area contributed by atoms with Gasteiger partial charge in [-0.3, -0.25) is 9.48 Å². The minimum Gasteiger partial charge on any atom is -0.394 e. The predicted molar refractivity (Wildman–Crippen MR) is 62.1 cm³/mol. The number of hydrogen-bond donors (Lipinski definition) is 2. The van der Waals surface area contributed by atoms with Gasteiger partial charge in [-0.1, -0.05) is 0 Å². The predicted octanol–water partition coefficient (Wildman–Crippen LogP) is -0.283. The molecule has 0 bridgehead atoms. The Morgan fingerprint density at radius 1 is 1.75 bits per heavy atom. The molecule has 1 fully saturated rings. The van der Waals surface area contributed by atoms with Crippen molar-refractivity contribution in [2.75, 3.05) is 24.2 Å². The lowest BCUT2D eigenvalue weighted by molar-refractivity contribution is -0.119. The Balaban J connectivity index is 1.93. The Bertz CT molecular complexity index is 396. The van der Waals surface area contributed by atoms with Crippen LogP contribution in [0.25, 0.3) is 0 Å². The Labute approximate surface area is 94.4 Å². The molecule has 0 saturated heterocycles. The molecule has 1 aliphatic carbocycles. The van der Waals surface area contributed by atoms with Gasteiger partial charge in [0.2, 0.25) is 5.91 Å². The van der Waals surface area contributed by atoms with Crippen molar-refractivity contribution >= 4 is 17.4 Å². The molecule has 3 N–H and O–H groups in total. The number of carbonyl (C=O) groups is 1. The second kappa shape index (κ2) is 4.03. The average molecular weight is 223 g/mol. The molecule has 0 unspecified atom stereocenters. The zero-order valence-electron chi connectivity index (χ0n) is 9.60. The van der Waals surface area contributed by atoms with Crippen molar-refractivity contribution in [3.8, 4) is 0 Å². The quantitative estimate of drug-likeness (QED) is 0.736. The highest BCUT2D eigenvalue weighted by Gasteiger charge is 2.24. The molecule has 16 heavy (non-hydrogen) atoms. The Kier molecular flexibility index (Phi) is 2.72. The molecule has 1 aromatic rings. The van der Waals surface area contributed by atoms with Crippen molar-refractivity contribution in [3.05, 3.63) is 6.20 Å². The maximum atomic E-state index is 11.6. The Morgan fingerprint density at radius 3 is 2.94 bits per heavy atom. The van der Waals surface area contributed by atoms with Gasteiger partial charge in [0.25, 0.3) is 0 Å². The second-order valence-corrected chi connectivity index (χ2v) is 4.28. The van der Waals surface area contributed by atoms with E-state index in [0.29, 0.717) is 17.5 Å². The number of nitrogens with two attached hydrogens (primary N) is 1. The van der Waals surface area contributed by atoms with E-state index in [0.717, 1.165) is 12.8 Å². The minimum atomic E-state index is 0.0232. The number of likely N-dealkylation sites (N-methyl/N-ethyl adjacent to an activating group) is 1. The molecule has 88 valence electrons. The summed E-state index contributed by atoms with van der Waals surface area (Å²) in [5.74, 6) is 0.670. The van der Waals surface area contributed by atoms with Crippen molar-refractivity contribution in [2.24, 2.45) is 7.05 Å². The lowest BCUT2D eigenvalue weighted by Gasteiger charge is -2.16. The number of aromatic nitrogens is 2. The zero-order valence-corrected chi connectivity index (χ0v) is 9.60. The van der Waals surface area contributed by atoms with E-state index in [1.807, 2.05) is 7.05 Å². The molecule has 0 aromatic carbocycles. The Hall–Kier alpha value is -1.72. The molecule has 1 heterocycles. The van der Waals surface area contributed by atoms with Gasteiger partial charge in [0.05, 0.1) is 12.2 Å². The summed E-state index contributed by atoms with van der Waals surface area (Å²) in [6.45, 7) is 0.289. The van der Waals surface area contributed by atoms with E-state index in [4.69, 9.17) is 5.73 Å². The number of amides is 1. The number of carbonyl (C=O) groups excluding carboxylic acids is 1. The van der Waals surface area contributed by atoms with Crippen LogP contribution in [0.5, 0.6) is 0 Å². The SMILES string of the molecule is CN(CC(=O)NC1CC1)c1nn(C)cc1N. The molecule has 1 amide bonds. The van der Waals surface area contributed by atoms with Crippen LogP contribution in [0.15, 0.2) is 6.20 Å². The van der Waals surface area contributed by atoms with E-state index in [1.165, 1.54) is 0 Å². The van der Waals surface area contributed by atoms with Crippen LogP contribution in [0.4, 0.5) is 11.5 Å². The number of nitrogens with one attached hydrogen (secondary N) is 1. The summed E-state index contributed by atoms with van der Waals surface area (Å²) < 4.78 is 1.64. The molecular formula is C10H17N5O. The van der Waals surface area contributed by atoms with Crippen LogP contribution in [0.2, 0.25) is 0 Å². The van der Waals surface area contributed by atoms with Gasteiger partial charge in [0.15, 0.2) is 5.82 Å². The van der Waals surface area contributed by atoms with Gasteiger partial charge in [-0.25, -0.2) is 0 Å². The number of rotatable bonds is 4. The first-order valence-corrected chi connectivity index (χ1v) is 5.36. The van der Waals surface area contributed by atoms with Gasteiger partial charge in [-0.15, -0.1) is 0 Å². The summed E-state index contributed by atoms with van der Waals surface area (Å²) in [7, 11) is 3.61.